The number of hydrogen-bond donors (Lipinski definition) is 1. The molecule has 1 N–H and O–H groups in total. The lowest BCUT2D eigenvalue weighted by molar-refractivity contribution is -0.387. The van der Waals surface area contributed by atoms with E-state index in [9.17, 15) is 23.3 Å². The van der Waals surface area contributed by atoms with Gasteiger partial charge in [-0.2, -0.15) is 0 Å². The lowest BCUT2D eigenvalue weighted by Gasteiger charge is -2.10. The van der Waals surface area contributed by atoms with Gasteiger partial charge in [0, 0.05) is 21.5 Å². The first kappa shape index (κ1) is 21.8. The molecule has 30 heavy (non-hydrogen) atoms. The second-order valence-electron chi connectivity index (χ2n) is 6.07. The van der Waals surface area contributed by atoms with Crippen molar-refractivity contribution in [1.82, 2.24) is 0 Å². The monoisotopic (exact) mass is 466 g/mol. The summed E-state index contributed by atoms with van der Waals surface area (Å²) in [5.74, 6) is -0.755. The topological polar surface area (TPSA) is 116 Å². The normalized spacial score (nSPS) is 11.2. The van der Waals surface area contributed by atoms with Gasteiger partial charge >= 0.3 is 5.97 Å². The molecule has 156 valence electrons. The zero-order valence-corrected chi connectivity index (χ0v) is 18.1. The molecule has 3 rings (SSSR count). The fourth-order valence-electron chi connectivity index (χ4n) is 2.92. The van der Waals surface area contributed by atoms with Crippen LogP contribution in [0.15, 0.2) is 53.4 Å². The number of sulfonamides is 1. The number of anilines is 1. The Balaban J connectivity index is 2.17. The number of halogens is 1. The average molecular weight is 467 g/mol. The Morgan fingerprint density at radius 3 is 2.53 bits per heavy atom. The Morgan fingerprint density at radius 2 is 1.90 bits per heavy atom. The number of benzene rings is 2. The first-order valence-electron chi connectivity index (χ1n) is 8.39. The second-order valence-corrected chi connectivity index (χ2v) is 9.38. The molecule has 0 aliphatic rings. The number of hydrogen-bond acceptors (Lipinski definition) is 7. The maximum Gasteiger partial charge on any atom is 0.341 e. The lowest BCUT2D eigenvalue weighted by Crippen LogP contribution is -2.16. The zero-order chi connectivity index (χ0) is 22.1. The number of thiophene rings is 1. The van der Waals surface area contributed by atoms with E-state index >= 15 is 0 Å². The number of ether oxygens (including phenoxy) is 1. The van der Waals surface area contributed by atoms with Gasteiger partial charge in [-0.05, 0) is 30.7 Å². The van der Waals surface area contributed by atoms with Crippen molar-refractivity contribution >= 4 is 49.6 Å². The van der Waals surface area contributed by atoms with Gasteiger partial charge in [0.15, 0.2) is 4.90 Å². The van der Waals surface area contributed by atoms with Crippen LogP contribution in [0, 0.1) is 17.0 Å². The summed E-state index contributed by atoms with van der Waals surface area (Å²) in [5, 5.41) is 11.7. The van der Waals surface area contributed by atoms with E-state index in [0.29, 0.717) is 21.0 Å². The number of esters is 1. The van der Waals surface area contributed by atoms with Crippen LogP contribution >= 0.6 is 22.9 Å². The van der Waals surface area contributed by atoms with Gasteiger partial charge in [0.05, 0.1) is 12.0 Å². The molecule has 0 aliphatic heterocycles. The van der Waals surface area contributed by atoms with Crippen molar-refractivity contribution < 1.29 is 22.9 Å². The Hall–Kier alpha value is -2.95. The van der Waals surface area contributed by atoms with Crippen molar-refractivity contribution in [3.8, 4) is 11.1 Å². The van der Waals surface area contributed by atoms with Crippen LogP contribution < -0.4 is 4.72 Å². The van der Waals surface area contributed by atoms with Gasteiger partial charge in [-0.25, -0.2) is 13.2 Å². The van der Waals surface area contributed by atoms with Crippen molar-refractivity contribution in [1.29, 1.82) is 0 Å². The van der Waals surface area contributed by atoms with E-state index in [4.69, 9.17) is 16.3 Å². The molecule has 8 nitrogen and oxygen atoms in total. The third kappa shape index (κ3) is 4.16. The molecule has 3 aromatic rings. The van der Waals surface area contributed by atoms with Gasteiger partial charge in [-0.3, -0.25) is 14.8 Å². The zero-order valence-electron chi connectivity index (χ0n) is 15.7. The number of nitrogens with one attached hydrogen (secondary N) is 1. The van der Waals surface area contributed by atoms with Crippen molar-refractivity contribution in [2.45, 2.75) is 11.8 Å². The molecule has 0 bridgehead atoms. The third-order valence-electron chi connectivity index (χ3n) is 4.17. The van der Waals surface area contributed by atoms with E-state index in [0.717, 1.165) is 23.5 Å². The number of para-hydroxylation sites is 1. The fraction of sp³-hybridized carbons (Fsp3) is 0.105. The molecule has 0 atom stereocenters. The fourth-order valence-corrected chi connectivity index (χ4v) is 5.65. The molecule has 2 aromatic carbocycles. The Bertz CT molecular complexity index is 1250. The minimum absolute atomic E-state index is 0.00410. The Morgan fingerprint density at radius 1 is 1.20 bits per heavy atom. The number of carbonyl (C=O) groups excluding carboxylic acids is 1. The molecular weight excluding hydrogens is 452 g/mol. The number of nitro groups is 1. The minimum atomic E-state index is -4.36. The summed E-state index contributed by atoms with van der Waals surface area (Å²) in [5.41, 5.74) is 0.500. The van der Waals surface area contributed by atoms with Gasteiger partial charge in [0.2, 0.25) is 0 Å². The van der Waals surface area contributed by atoms with Crippen LogP contribution in [0.25, 0.3) is 11.1 Å². The first-order chi connectivity index (χ1) is 14.2. The molecule has 0 radical (unpaired) electrons. The molecule has 1 heterocycles. The van der Waals surface area contributed by atoms with Crippen LogP contribution in [0.3, 0.4) is 0 Å². The predicted octanol–water partition coefficient (Wildman–Crippen LogP) is 4.87. The smallest absolute Gasteiger partial charge is 0.341 e. The summed E-state index contributed by atoms with van der Waals surface area (Å²) < 4.78 is 33.0. The quantitative estimate of drug-likeness (QED) is 0.314. The van der Waals surface area contributed by atoms with Crippen LogP contribution in [-0.2, 0) is 14.8 Å². The molecule has 0 spiro atoms. The summed E-state index contributed by atoms with van der Waals surface area (Å²) in [7, 11) is -3.18. The summed E-state index contributed by atoms with van der Waals surface area (Å²) in [4.78, 5) is 23.1. The highest BCUT2D eigenvalue weighted by Gasteiger charge is 2.30. The third-order valence-corrected chi connectivity index (χ3v) is 6.95. The highest BCUT2D eigenvalue weighted by Crippen LogP contribution is 2.42. The van der Waals surface area contributed by atoms with Crippen LogP contribution in [0.5, 0.6) is 0 Å². The number of aryl methyl sites for hydroxylation is 1. The summed E-state index contributed by atoms with van der Waals surface area (Å²) >= 11 is 7.08. The lowest BCUT2D eigenvalue weighted by atomic mass is 10.0. The average Bonchev–Trinajstić information content (AvgIpc) is 3.02. The van der Waals surface area contributed by atoms with Gasteiger partial charge in [-0.1, -0.05) is 35.9 Å². The highest BCUT2D eigenvalue weighted by molar-refractivity contribution is 7.93. The SMILES string of the molecule is COC(=O)c1c(NS(=O)(=O)c2ccccc2[N+](=O)[O-])sc(C)c1-c1cccc(Cl)c1. The van der Waals surface area contributed by atoms with Crippen LogP contribution in [0.2, 0.25) is 5.02 Å². The molecular formula is C19H15ClN2O6S2. The van der Waals surface area contributed by atoms with Crippen molar-refractivity contribution in [3.05, 3.63) is 74.1 Å². The van der Waals surface area contributed by atoms with E-state index in [1.807, 2.05) is 0 Å². The number of methoxy groups -OCH3 is 1. The maximum atomic E-state index is 12.9. The standard InChI is InChI=1S/C19H15ClN2O6S2/c1-11-16(12-6-5-7-13(20)10-12)17(19(23)28-2)18(29-11)21-30(26,27)15-9-4-3-8-14(15)22(24)25/h3-10,21H,1-2H3. The van der Waals surface area contributed by atoms with E-state index in [2.05, 4.69) is 4.72 Å². The van der Waals surface area contributed by atoms with Crippen LogP contribution in [0.4, 0.5) is 10.7 Å². The molecule has 0 fully saturated rings. The molecule has 0 saturated heterocycles. The molecule has 0 saturated carbocycles. The Kier molecular flexibility index (Phi) is 6.11. The van der Waals surface area contributed by atoms with E-state index < -0.39 is 31.5 Å². The summed E-state index contributed by atoms with van der Waals surface area (Å²) in [6.45, 7) is 1.72. The van der Waals surface area contributed by atoms with Gasteiger partial charge < -0.3 is 4.74 Å². The Labute approximate surface area is 181 Å². The molecule has 0 amide bonds. The van der Waals surface area contributed by atoms with Gasteiger partial charge in [0.1, 0.15) is 10.6 Å². The maximum absolute atomic E-state index is 12.9. The largest absolute Gasteiger partial charge is 0.465 e. The van der Waals surface area contributed by atoms with Crippen molar-refractivity contribution in [2.75, 3.05) is 11.8 Å². The van der Waals surface area contributed by atoms with Crippen LogP contribution in [0.1, 0.15) is 15.2 Å². The predicted molar refractivity (Wildman–Crippen MR) is 115 cm³/mol. The molecule has 0 unspecified atom stereocenters. The molecule has 1 aromatic heterocycles. The number of carbonyl (C=O) groups is 1. The highest BCUT2D eigenvalue weighted by atomic mass is 35.5. The summed E-state index contributed by atoms with van der Waals surface area (Å²) in [6.07, 6.45) is 0. The number of rotatable bonds is 6. The van der Waals surface area contributed by atoms with Gasteiger partial charge in [0.25, 0.3) is 15.7 Å². The van der Waals surface area contributed by atoms with Crippen LogP contribution in [-0.4, -0.2) is 26.4 Å². The summed E-state index contributed by atoms with van der Waals surface area (Å²) in [6, 6.07) is 11.7. The van der Waals surface area contributed by atoms with E-state index in [1.165, 1.54) is 19.2 Å². The van der Waals surface area contributed by atoms with Crippen molar-refractivity contribution in [3.63, 3.8) is 0 Å². The van der Waals surface area contributed by atoms with E-state index in [-0.39, 0.29) is 10.6 Å². The van der Waals surface area contributed by atoms with Crippen molar-refractivity contribution in [2.24, 2.45) is 0 Å². The first-order valence-corrected chi connectivity index (χ1v) is 11.1. The number of nitro benzene ring substituents is 1. The van der Waals surface area contributed by atoms with Gasteiger partial charge in [-0.15, -0.1) is 11.3 Å². The van der Waals surface area contributed by atoms with E-state index in [1.54, 1.807) is 31.2 Å². The minimum Gasteiger partial charge on any atom is -0.465 e. The molecule has 11 heteroatoms. The molecule has 0 aliphatic carbocycles. The number of nitrogens with zero attached hydrogens (tertiary/aromatic N) is 1. The second kappa shape index (κ2) is 8.42.